The van der Waals surface area contributed by atoms with Gasteiger partial charge in [-0.3, -0.25) is 4.90 Å². The van der Waals surface area contributed by atoms with Crippen LogP contribution in [0.5, 0.6) is 0 Å². The van der Waals surface area contributed by atoms with E-state index in [0.717, 1.165) is 11.6 Å². The van der Waals surface area contributed by atoms with Gasteiger partial charge in [-0.15, -0.1) is 0 Å². The molecule has 2 aromatic rings. The lowest BCUT2D eigenvalue weighted by Gasteiger charge is -2.24. The lowest BCUT2D eigenvalue weighted by molar-refractivity contribution is 0.268. The number of hydrogen-bond donors (Lipinski definition) is 0. The SMILES string of the molecule is CCN1CCC[C@@H]1c1cccnc1Sc1ccccc1. The summed E-state index contributed by atoms with van der Waals surface area (Å²) in [5, 5.41) is 1.16. The lowest BCUT2D eigenvalue weighted by Crippen LogP contribution is -2.23. The van der Waals surface area contributed by atoms with Crippen molar-refractivity contribution >= 4 is 11.8 Å². The summed E-state index contributed by atoms with van der Waals surface area (Å²) < 4.78 is 0. The fourth-order valence-corrected chi connectivity index (χ4v) is 3.85. The highest BCUT2D eigenvalue weighted by atomic mass is 32.2. The minimum absolute atomic E-state index is 0.542. The average Bonchev–Trinajstić information content (AvgIpc) is 2.97. The Balaban J connectivity index is 1.88. The van der Waals surface area contributed by atoms with Crippen molar-refractivity contribution in [3.05, 3.63) is 54.2 Å². The summed E-state index contributed by atoms with van der Waals surface area (Å²) in [6.07, 6.45) is 4.45. The van der Waals surface area contributed by atoms with E-state index >= 15 is 0 Å². The van der Waals surface area contributed by atoms with Crippen molar-refractivity contribution in [3.8, 4) is 0 Å². The molecule has 0 N–H and O–H groups in total. The highest BCUT2D eigenvalue weighted by molar-refractivity contribution is 7.99. The highest BCUT2D eigenvalue weighted by Crippen LogP contribution is 2.38. The van der Waals surface area contributed by atoms with Crippen LogP contribution in [0.2, 0.25) is 0 Å². The zero-order valence-corrected chi connectivity index (χ0v) is 12.6. The van der Waals surface area contributed by atoms with E-state index in [4.69, 9.17) is 0 Å². The third kappa shape index (κ3) is 2.89. The molecule has 1 aliphatic heterocycles. The molecule has 0 saturated carbocycles. The molecule has 1 atom stereocenters. The van der Waals surface area contributed by atoms with Crippen LogP contribution in [0.25, 0.3) is 0 Å². The van der Waals surface area contributed by atoms with E-state index in [1.165, 1.54) is 29.8 Å². The summed E-state index contributed by atoms with van der Waals surface area (Å²) in [6.45, 7) is 4.58. The van der Waals surface area contributed by atoms with Crippen molar-refractivity contribution in [2.24, 2.45) is 0 Å². The fraction of sp³-hybridized carbons (Fsp3) is 0.353. The van der Waals surface area contributed by atoms with Gasteiger partial charge in [-0.25, -0.2) is 4.98 Å². The van der Waals surface area contributed by atoms with E-state index in [1.54, 1.807) is 11.8 Å². The highest BCUT2D eigenvalue weighted by Gasteiger charge is 2.26. The summed E-state index contributed by atoms with van der Waals surface area (Å²) in [5.41, 5.74) is 1.39. The van der Waals surface area contributed by atoms with Crippen molar-refractivity contribution in [2.45, 2.75) is 35.7 Å². The van der Waals surface area contributed by atoms with Crippen LogP contribution in [-0.2, 0) is 0 Å². The second kappa shape index (κ2) is 6.42. The van der Waals surface area contributed by atoms with Crippen LogP contribution in [0.15, 0.2) is 58.6 Å². The summed E-state index contributed by atoms with van der Waals surface area (Å²) in [5.74, 6) is 0. The van der Waals surface area contributed by atoms with Gasteiger partial charge in [-0.2, -0.15) is 0 Å². The molecule has 1 aromatic carbocycles. The minimum Gasteiger partial charge on any atom is -0.297 e. The Bertz CT molecular complexity index is 556. The fourth-order valence-electron chi connectivity index (χ4n) is 2.90. The van der Waals surface area contributed by atoms with Crippen LogP contribution in [0.1, 0.15) is 31.4 Å². The first-order valence-electron chi connectivity index (χ1n) is 7.30. The first-order chi connectivity index (χ1) is 9.88. The van der Waals surface area contributed by atoms with Gasteiger partial charge in [0.05, 0.1) is 0 Å². The number of likely N-dealkylation sites (tertiary alicyclic amines) is 1. The topological polar surface area (TPSA) is 16.1 Å². The van der Waals surface area contributed by atoms with E-state index in [9.17, 15) is 0 Å². The Morgan fingerprint density at radius 2 is 2.05 bits per heavy atom. The van der Waals surface area contributed by atoms with Crippen LogP contribution in [0.3, 0.4) is 0 Å². The van der Waals surface area contributed by atoms with Gasteiger partial charge in [-0.05, 0) is 44.1 Å². The van der Waals surface area contributed by atoms with E-state index in [0.29, 0.717) is 6.04 Å². The smallest absolute Gasteiger partial charge is 0.105 e. The first kappa shape index (κ1) is 13.7. The molecule has 1 fully saturated rings. The summed E-state index contributed by atoms with van der Waals surface area (Å²) >= 11 is 1.78. The van der Waals surface area contributed by atoms with Gasteiger partial charge < -0.3 is 0 Å². The van der Waals surface area contributed by atoms with Gasteiger partial charge in [0.25, 0.3) is 0 Å². The van der Waals surface area contributed by atoms with E-state index < -0.39 is 0 Å². The molecule has 1 aliphatic rings. The van der Waals surface area contributed by atoms with Gasteiger partial charge in [0.2, 0.25) is 0 Å². The van der Waals surface area contributed by atoms with Crippen LogP contribution >= 0.6 is 11.8 Å². The molecule has 1 aromatic heterocycles. The summed E-state index contributed by atoms with van der Waals surface area (Å²) in [6, 6.07) is 15.4. The molecule has 3 heteroatoms. The van der Waals surface area contributed by atoms with E-state index in [2.05, 4.69) is 59.3 Å². The van der Waals surface area contributed by atoms with Gasteiger partial charge in [-0.1, -0.05) is 43.0 Å². The molecule has 2 heterocycles. The maximum Gasteiger partial charge on any atom is 0.105 e. The van der Waals surface area contributed by atoms with Crippen molar-refractivity contribution in [2.75, 3.05) is 13.1 Å². The van der Waals surface area contributed by atoms with Crippen LogP contribution in [0, 0.1) is 0 Å². The lowest BCUT2D eigenvalue weighted by atomic mass is 10.1. The monoisotopic (exact) mass is 284 g/mol. The van der Waals surface area contributed by atoms with Crippen LogP contribution in [-0.4, -0.2) is 23.0 Å². The molecule has 0 spiro atoms. The third-order valence-corrected chi connectivity index (χ3v) is 4.93. The number of pyridine rings is 1. The van der Waals surface area contributed by atoms with Gasteiger partial charge in [0.15, 0.2) is 0 Å². The molecule has 20 heavy (non-hydrogen) atoms. The molecule has 2 nitrogen and oxygen atoms in total. The minimum atomic E-state index is 0.542. The quantitative estimate of drug-likeness (QED) is 0.828. The third-order valence-electron chi connectivity index (χ3n) is 3.89. The zero-order valence-electron chi connectivity index (χ0n) is 11.8. The van der Waals surface area contributed by atoms with Crippen molar-refractivity contribution in [3.63, 3.8) is 0 Å². The van der Waals surface area contributed by atoms with Crippen molar-refractivity contribution < 1.29 is 0 Å². The maximum atomic E-state index is 4.62. The Hall–Kier alpha value is -1.32. The van der Waals surface area contributed by atoms with Gasteiger partial charge in [0.1, 0.15) is 5.03 Å². The maximum absolute atomic E-state index is 4.62. The molecule has 0 aliphatic carbocycles. The van der Waals surface area contributed by atoms with Gasteiger partial charge in [0, 0.05) is 22.7 Å². The molecule has 3 rings (SSSR count). The largest absolute Gasteiger partial charge is 0.297 e. The second-order valence-electron chi connectivity index (χ2n) is 5.10. The molecular formula is C17H20N2S. The Labute approximate surface area is 125 Å². The predicted octanol–water partition coefficient (Wildman–Crippen LogP) is 4.39. The molecular weight excluding hydrogens is 264 g/mol. The second-order valence-corrected chi connectivity index (χ2v) is 6.16. The van der Waals surface area contributed by atoms with Crippen molar-refractivity contribution in [1.82, 2.24) is 9.88 Å². The standard InChI is InChI=1S/C17H20N2S/c1-2-19-13-7-11-16(19)15-10-6-12-18-17(15)20-14-8-4-3-5-9-14/h3-6,8-10,12,16H,2,7,11,13H2,1H3/t16-/m1/s1. The number of hydrogen-bond acceptors (Lipinski definition) is 3. The number of benzene rings is 1. The number of rotatable bonds is 4. The average molecular weight is 284 g/mol. The van der Waals surface area contributed by atoms with Gasteiger partial charge >= 0.3 is 0 Å². The molecule has 0 bridgehead atoms. The Morgan fingerprint density at radius 3 is 2.85 bits per heavy atom. The Morgan fingerprint density at radius 1 is 1.20 bits per heavy atom. The zero-order chi connectivity index (χ0) is 13.8. The van der Waals surface area contributed by atoms with Crippen LogP contribution in [0.4, 0.5) is 0 Å². The summed E-state index contributed by atoms with van der Waals surface area (Å²) in [7, 11) is 0. The molecule has 0 amide bonds. The first-order valence-corrected chi connectivity index (χ1v) is 8.12. The summed E-state index contributed by atoms with van der Waals surface area (Å²) in [4.78, 5) is 8.44. The molecule has 0 radical (unpaired) electrons. The van der Waals surface area contributed by atoms with E-state index in [-0.39, 0.29) is 0 Å². The molecule has 0 unspecified atom stereocenters. The van der Waals surface area contributed by atoms with Crippen molar-refractivity contribution in [1.29, 1.82) is 0 Å². The molecule has 104 valence electrons. The van der Waals surface area contributed by atoms with E-state index in [1.807, 2.05) is 6.20 Å². The number of nitrogens with zero attached hydrogens (tertiary/aromatic N) is 2. The predicted molar refractivity (Wildman–Crippen MR) is 84.0 cm³/mol. The normalized spacial score (nSPS) is 19.4. The Kier molecular flexibility index (Phi) is 4.38. The number of aromatic nitrogens is 1. The molecule has 1 saturated heterocycles. The van der Waals surface area contributed by atoms with Crippen LogP contribution < -0.4 is 0 Å².